The summed E-state index contributed by atoms with van der Waals surface area (Å²) >= 11 is 0. The van der Waals surface area contributed by atoms with Crippen molar-refractivity contribution < 1.29 is 19.4 Å². The summed E-state index contributed by atoms with van der Waals surface area (Å²) < 4.78 is 11.3. The second kappa shape index (κ2) is 4.96. The minimum absolute atomic E-state index is 0.148. The van der Waals surface area contributed by atoms with Gasteiger partial charge >= 0.3 is 5.97 Å². The van der Waals surface area contributed by atoms with Crippen molar-refractivity contribution in [2.24, 2.45) is 0 Å². The summed E-state index contributed by atoms with van der Waals surface area (Å²) in [6.07, 6.45) is 5.62. The van der Waals surface area contributed by atoms with Gasteiger partial charge < -0.3 is 14.6 Å². The van der Waals surface area contributed by atoms with Crippen molar-refractivity contribution in [1.82, 2.24) is 0 Å². The van der Waals surface area contributed by atoms with Gasteiger partial charge in [0.2, 0.25) is 0 Å². The highest BCUT2D eigenvalue weighted by molar-refractivity contribution is 5.93. The van der Waals surface area contributed by atoms with Gasteiger partial charge in [0.05, 0.1) is 12.7 Å². The molecule has 0 unspecified atom stereocenters. The molecule has 1 aliphatic heterocycles. The predicted molar refractivity (Wildman–Crippen MR) is 72.9 cm³/mol. The summed E-state index contributed by atoms with van der Waals surface area (Å²) in [5, 5.41) is 9.15. The van der Waals surface area contributed by atoms with Crippen LogP contribution in [0.1, 0.15) is 42.6 Å². The van der Waals surface area contributed by atoms with Crippen LogP contribution in [-0.2, 0) is 0 Å². The molecule has 0 fully saturated rings. The molecular formula is C15H18O4. The van der Waals surface area contributed by atoms with E-state index in [9.17, 15) is 4.79 Å². The molecule has 0 saturated heterocycles. The molecule has 0 aromatic heterocycles. The highest BCUT2D eigenvalue weighted by Gasteiger charge is 2.31. The van der Waals surface area contributed by atoms with Crippen LogP contribution in [0.3, 0.4) is 0 Å². The molecule has 1 aliphatic rings. The zero-order valence-electron chi connectivity index (χ0n) is 11.4. The van der Waals surface area contributed by atoms with Gasteiger partial charge in [-0.1, -0.05) is 13.8 Å². The summed E-state index contributed by atoms with van der Waals surface area (Å²) in [6, 6.07) is 3.22. The number of carbonyl (C=O) groups is 1. The van der Waals surface area contributed by atoms with Gasteiger partial charge in [0.25, 0.3) is 0 Å². The SMILES string of the molecule is CCC1(CC)C=Cc2c(ccc(C(=O)O)c2OC)O1. The Labute approximate surface area is 112 Å². The molecule has 4 heteroatoms. The molecule has 0 atom stereocenters. The van der Waals surface area contributed by atoms with Crippen LogP contribution in [0, 0.1) is 0 Å². The summed E-state index contributed by atoms with van der Waals surface area (Å²) in [7, 11) is 1.47. The molecule has 0 aliphatic carbocycles. The van der Waals surface area contributed by atoms with E-state index in [1.807, 2.05) is 12.2 Å². The topological polar surface area (TPSA) is 55.8 Å². The van der Waals surface area contributed by atoms with Crippen molar-refractivity contribution in [3.05, 3.63) is 29.3 Å². The number of ether oxygens (including phenoxy) is 2. The summed E-state index contributed by atoms with van der Waals surface area (Å²) in [4.78, 5) is 11.2. The Balaban J connectivity index is 2.54. The van der Waals surface area contributed by atoms with Gasteiger partial charge in [0.1, 0.15) is 22.7 Å². The Morgan fingerprint density at radius 3 is 2.58 bits per heavy atom. The van der Waals surface area contributed by atoms with Crippen molar-refractivity contribution in [2.45, 2.75) is 32.3 Å². The molecule has 0 bridgehead atoms. The van der Waals surface area contributed by atoms with Crippen LogP contribution in [0.15, 0.2) is 18.2 Å². The maximum Gasteiger partial charge on any atom is 0.339 e. The zero-order chi connectivity index (χ0) is 14.0. The van der Waals surface area contributed by atoms with Crippen LogP contribution in [-0.4, -0.2) is 23.8 Å². The number of benzene rings is 1. The van der Waals surface area contributed by atoms with Gasteiger partial charge in [-0.05, 0) is 37.1 Å². The molecule has 0 spiro atoms. The van der Waals surface area contributed by atoms with Crippen molar-refractivity contribution in [2.75, 3.05) is 7.11 Å². The third-order valence-electron chi connectivity index (χ3n) is 3.65. The van der Waals surface area contributed by atoms with Crippen LogP contribution in [0.25, 0.3) is 6.08 Å². The lowest BCUT2D eigenvalue weighted by Crippen LogP contribution is -2.34. The van der Waals surface area contributed by atoms with Gasteiger partial charge in [-0.2, -0.15) is 0 Å². The number of aromatic carboxylic acids is 1. The van der Waals surface area contributed by atoms with E-state index in [4.69, 9.17) is 14.6 Å². The van der Waals surface area contributed by atoms with Crippen LogP contribution >= 0.6 is 0 Å². The van der Waals surface area contributed by atoms with Crippen molar-refractivity contribution in [3.63, 3.8) is 0 Å². The fourth-order valence-electron chi connectivity index (χ4n) is 2.33. The summed E-state index contributed by atoms with van der Waals surface area (Å²) in [5.41, 5.74) is 0.540. The summed E-state index contributed by atoms with van der Waals surface area (Å²) in [6.45, 7) is 4.14. The van der Waals surface area contributed by atoms with Crippen molar-refractivity contribution >= 4 is 12.0 Å². The maximum absolute atomic E-state index is 11.2. The third-order valence-corrected chi connectivity index (χ3v) is 3.65. The van der Waals surface area contributed by atoms with Crippen LogP contribution in [0.4, 0.5) is 0 Å². The zero-order valence-corrected chi connectivity index (χ0v) is 11.4. The smallest absolute Gasteiger partial charge is 0.339 e. The normalized spacial score (nSPS) is 15.5. The standard InChI is InChI=1S/C15H18O4/c1-4-15(5-2)9-8-10-12(19-15)7-6-11(14(16)17)13(10)18-3/h6-9H,4-5H2,1-3H3,(H,16,17). The number of rotatable bonds is 4. The molecule has 1 heterocycles. The average molecular weight is 262 g/mol. The third kappa shape index (κ3) is 2.18. The molecule has 0 saturated carbocycles. The van der Waals surface area contributed by atoms with E-state index in [0.29, 0.717) is 17.1 Å². The first-order valence-electron chi connectivity index (χ1n) is 6.39. The Morgan fingerprint density at radius 2 is 2.05 bits per heavy atom. The minimum Gasteiger partial charge on any atom is -0.495 e. The van der Waals surface area contributed by atoms with Crippen LogP contribution < -0.4 is 9.47 Å². The molecule has 0 radical (unpaired) electrons. The predicted octanol–water partition coefficient (Wildman–Crippen LogP) is 3.36. The first-order valence-corrected chi connectivity index (χ1v) is 6.39. The van der Waals surface area contributed by atoms with Crippen molar-refractivity contribution in [3.8, 4) is 11.5 Å². The van der Waals surface area contributed by atoms with E-state index in [0.717, 1.165) is 12.8 Å². The second-order valence-electron chi connectivity index (χ2n) is 4.57. The Hall–Kier alpha value is -1.97. The van der Waals surface area contributed by atoms with Gasteiger partial charge in [-0.15, -0.1) is 0 Å². The average Bonchev–Trinajstić information content (AvgIpc) is 2.45. The molecule has 19 heavy (non-hydrogen) atoms. The van der Waals surface area contributed by atoms with E-state index < -0.39 is 5.97 Å². The molecule has 102 valence electrons. The lowest BCUT2D eigenvalue weighted by Gasteiger charge is -2.34. The molecule has 2 rings (SSSR count). The van der Waals surface area contributed by atoms with Crippen LogP contribution in [0.5, 0.6) is 11.5 Å². The lowest BCUT2D eigenvalue weighted by atomic mass is 9.92. The monoisotopic (exact) mass is 262 g/mol. The second-order valence-corrected chi connectivity index (χ2v) is 4.57. The Morgan fingerprint density at radius 1 is 1.37 bits per heavy atom. The fourth-order valence-corrected chi connectivity index (χ4v) is 2.33. The van der Waals surface area contributed by atoms with Gasteiger partial charge in [0.15, 0.2) is 0 Å². The number of carboxylic acid groups (broad SMARTS) is 1. The molecule has 1 aromatic rings. The molecular weight excluding hydrogens is 244 g/mol. The van der Waals surface area contributed by atoms with Crippen LogP contribution in [0.2, 0.25) is 0 Å². The van der Waals surface area contributed by atoms with Gasteiger partial charge in [0, 0.05) is 0 Å². The van der Waals surface area contributed by atoms with Gasteiger partial charge in [-0.3, -0.25) is 0 Å². The van der Waals surface area contributed by atoms with E-state index in [1.165, 1.54) is 13.2 Å². The number of methoxy groups -OCH3 is 1. The van der Waals surface area contributed by atoms with E-state index in [-0.39, 0.29) is 11.2 Å². The fraction of sp³-hybridized carbons (Fsp3) is 0.400. The lowest BCUT2D eigenvalue weighted by molar-refractivity contribution is 0.0692. The molecule has 4 nitrogen and oxygen atoms in total. The maximum atomic E-state index is 11.2. The number of carboxylic acids is 1. The Bertz CT molecular complexity index is 527. The van der Waals surface area contributed by atoms with E-state index >= 15 is 0 Å². The van der Waals surface area contributed by atoms with E-state index in [1.54, 1.807) is 6.07 Å². The summed E-state index contributed by atoms with van der Waals surface area (Å²) in [5.74, 6) is 0.0194. The highest BCUT2D eigenvalue weighted by atomic mass is 16.5. The van der Waals surface area contributed by atoms with Crippen molar-refractivity contribution in [1.29, 1.82) is 0 Å². The Kier molecular flexibility index (Phi) is 3.51. The van der Waals surface area contributed by atoms with E-state index in [2.05, 4.69) is 13.8 Å². The largest absolute Gasteiger partial charge is 0.495 e. The first kappa shape index (κ1) is 13.5. The first-order chi connectivity index (χ1) is 9.06. The van der Waals surface area contributed by atoms with Gasteiger partial charge in [-0.25, -0.2) is 4.79 Å². The number of hydrogen-bond donors (Lipinski definition) is 1. The molecule has 1 aromatic carbocycles. The number of hydrogen-bond acceptors (Lipinski definition) is 3. The highest BCUT2D eigenvalue weighted by Crippen LogP contribution is 2.40. The molecule has 1 N–H and O–H groups in total. The number of fused-ring (bicyclic) bond motifs is 1. The minimum atomic E-state index is -1.00. The molecule has 0 amide bonds. The quantitative estimate of drug-likeness (QED) is 0.904.